The Hall–Kier alpha value is -3.56. The molecule has 2 fully saturated rings. The molecule has 0 radical (unpaired) electrons. The Morgan fingerprint density at radius 1 is 1.08 bits per heavy atom. The predicted octanol–water partition coefficient (Wildman–Crippen LogP) is 2.53. The summed E-state index contributed by atoms with van der Waals surface area (Å²) in [5.41, 5.74) is 2.65. The zero-order valence-corrected chi connectivity index (χ0v) is 21.1. The number of benzene rings is 2. The van der Waals surface area contributed by atoms with Crippen molar-refractivity contribution in [1.82, 2.24) is 29.0 Å². The van der Waals surface area contributed by atoms with E-state index in [9.17, 15) is 9.59 Å². The van der Waals surface area contributed by atoms with Gasteiger partial charge >= 0.3 is 0 Å². The maximum absolute atomic E-state index is 13.8. The number of carbonyl (C=O) groups is 1. The summed E-state index contributed by atoms with van der Waals surface area (Å²) in [6.45, 7) is 7.12. The second kappa shape index (κ2) is 10.1. The molecule has 2 atom stereocenters. The molecule has 0 spiro atoms. The second-order valence-electron chi connectivity index (χ2n) is 10.1. The maximum Gasteiger partial charge on any atom is 0.263 e. The Kier molecular flexibility index (Phi) is 6.48. The van der Waals surface area contributed by atoms with E-state index in [1.165, 1.54) is 5.56 Å². The van der Waals surface area contributed by atoms with Gasteiger partial charge in [0.15, 0.2) is 0 Å². The predicted molar refractivity (Wildman–Crippen MR) is 140 cm³/mol. The molecule has 37 heavy (non-hydrogen) atoms. The number of rotatable bonds is 6. The lowest BCUT2D eigenvalue weighted by Gasteiger charge is -2.38. The van der Waals surface area contributed by atoms with Crippen molar-refractivity contribution in [1.29, 1.82) is 0 Å². The van der Waals surface area contributed by atoms with E-state index >= 15 is 0 Å². The lowest BCUT2D eigenvalue weighted by Crippen LogP contribution is -2.49. The van der Waals surface area contributed by atoms with Crippen molar-refractivity contribution in [2.45, 2.75) is 32.4 Å². The molecule has 4 aromatic rings. The molecule has 4 heterocycles. The Morgan fingerprint density at radius 2 is 1.89 bits per heavy atom. The van der Waals surface area contributed by atoms with Crippen molar-refractivity contribution >= 4 is 22.6 Å². The van der Waals surface area contributed by atoms with Crippen LogP contribution in [0, 0.1) is 5.92 Å². The van der Waals surface area contributed by atoms with Gasteiger partial charge in [-0.1, -0.05) is 42.5 Å². The van der Waals surface area contributed by atoms with E-state index in [0.29, 0.717) is 50.1 Å². The Balaban J connectivity index is 1.23. The summed E-state index contributed by atoms with van der Waals surface area (Å²) in [6.07, 6.45) is 2.75. The molecular formula is C28H32N6O3. The molecule has 2 unspecified atom stereocenters. The standard InChI is InChI=1S/C28H32N6O3/c1-20(22-6-3-2-4-7-22)31-11-13-32(14-12-31)25(35)16-23-8-5-9-24-26(23)27(36)33(17-21-10-15-37-18-21)28-30-29-19-34(24)28/h2-9,19-21H,10-18H2,1H3. The van der Waals surface area contributed by atoms with Gasteiger partial charge in [0.2, 0.25) is 11.7 Å². The number of amides is 1. The number of piperazine rings is 1. The highest BCUT2D eigenvalue weighted by Gasteiger charge is 2.26. The van der Waals surface area contributed by atoms with Crippen molar-refractivity contribution in [3.8, 4) is 0 Å². The van der Waals surface area contributed by atoms with Gasteiger partial charge in [-0.05, 0) is 30.5 Å². The lowest BCUT2D eigenvalue weighted by atomic mass is 10.0. The van der Waals surface area contributed by atoms with Crippen LogP contribution in [0.4, 0.5) is 0 Å². The summed E-state index contributed by atoms with van der Waals surface area (Å²) in [6, 6.07) is 16.5. The summed E-state index contributed by atoms with van der Waals surface area (Å²) in [5, 5.41) is 8.88. The molecule has 0 bridgehead atoms. The van der Waals surface area contributed by atoms with Gasteiger partial charge < -0.3 is 9.64 Å². The molecule has 2 aliphatic rings. The summed E-state index contributed by atoms with van der Waals surface area (Å²) < 4.78 is 9.08. The molecule has 0 saturated carbocycles. The normalized spacial score (nSPS) is 19.6. The highest BCUT2D eigenvalue weighted by Crippen LogP contribution is 2.23. The van der Waals surface area contributed by atoms with Crippen LogP contribution in [-0.4, -0.2) is 74.3 Å². The van der Waals surface area contributed by atoms with E-state index in [4.69, 9.17) is 4.74 Å². The number of hydrogen-bond acceptors (Lipinski definition) is 6. The third-order valence-electron chi connectivity index (χ3n) is 7.92. The van der Waals surface area contributed by atoms with E-state index in [2.05, 4.69) is 46.3 Å². The monoisotopic (exact) mass is 500 g/mol. The fourth-order valence-electron chi connectivity index (χ4n) is 5.72. The van der Waals surface area contributed by atoms with Gasteiger partial charge in [0.1, 0.15) is 6.33 Å². The number of nitrogens with zero attached hydrogens (tertiary/aromatic N) is 6. The van der Waals surface area contributed by atoms with Crippen molar-refractivity contribution in [3.05, 3.63) is 76.3 Å². The molecule has 2 aliphatic heterocycles. The van der Waals surface area contributed by atoms with E-state index in [1.807, 2.05) is 33.6 Å². The third kappa shape index (κ3) is 4.53. The molecule has 9 heteroatoms. The van der Waals surface area contributed by atoms with Crippen LogP contribution in [0.3, 0.4) is 0 Å². The first-order valence-corrected chi connectivity index (χ1v) is 13.1. The van der Waals surface area contributed by atoms with Crippen LogP contribution in [0.15, 0.2) is 59.7 Å². The van der Waals surface area contributed by atoms with Gasteiger partial charge in [-0.25, -0.2) is 0 Å². The van der Waals surface area contributed by atoms with Crippen LogP contribution in [0.2, 0.25) is 0 Å². The van der Waals surface area contributed by atoms with Gasteiger partial charge in [-0.2, -0.15) is 0 Å². The van der Waals surface area contributed by atoms with Crippen molar-refractivity contribution in [2.24, 2.45) is 5.92 Å². The summed E-state index contributed by atoms with van der Waals surface area (Å²) in [4.78, 5) is 31.5. The molecule has 0 aliphatic carbocycles. The zero-order valence-electron chi connectivity index (χ0n) is 21.1. The first-order valence-electron chi connectivity index (χ1n) is 13.1. The SMILES string of the molecule is CC(c1ccccc1)N1CCN(C(=O)Cc2cccc3c2c(=O)n(CC2CCOC2)c2nncn32)CC1. The van der Waals surface area contributed by atoms with E-state index in [1.54, 1.807) is 10.9 Å². The van der Waals surface area contributed by atoms with E-state index < -0.39 is 0 Å². The van der Waals surface area contributed by atoms with Crippen molar-refractivity contribution < 1.29 is 9.53 Å². The Bertz CT molecular complexity index is 1470. The van der Waals surface area contributed by atoms with Crippen LogP contribution in [0.25, 0.3) is 16.7 Å². The zero-order chi connectivity index (χ0) is 25.4. The van der Waals surface area contributed by atoms with Crippen LogP contribution in [-0.2, 0) is 22.5 Å². The van der Waals surface area contributed by atoms with Gasteiger partial charge in [0.25, 0.3) is 5.56 Å². The third-order valence-corrected chi connectivity index (χ3v) is 7.92. The van der Waals surface area contributed by atoms with Crippen LogP contribution in [0.5, 0.6) is 0 Å². The second-order valence-corrected chi connectivity index (χ2v) is 10.1. The number of hydrogen-bond donors (Lipinski definition) is 0. The highest BCUT2D eigenvalue weighted by atomic mass is 16.5. The Labute approximate surface area is 215 Å². The van der Waals surface area contributed by atoms with E-state index in [0.717, 1.165) is 30.6 Å². The number of ether oxygens (including phenoxy) is 1. The molecule has 9 nitrogen and oxygen atoms in total. The van der Waals surface area contributed by atoms with Gasteiger partial charge in [0, 0.05) is 51.3 Å². The molecule has 1 amide bonds. The fourth-order valence-corrected chi connectivity index (χ4v) is 5.72. The first kappa shape index (κ1) is 23.8. The number of carbonyl (C=O) groups excluding carboxylic acids is 1. The smallest absolute Gasteiger partial charge is 0.263 e. The minimum absolute atomic E-state index is 0.0542. The van der Waals surface area contributed by atoms with E-state index in [-0.39, 0.29) is 23.8 Å². The highest BCUT2D eigenvalue weighted by molar-refractivity contribution is 5.89. The van der Waals surface area contributed by atoms with Crippen LogP contribution < -0.4 is 5.56 Å². The minimum Gasteiger partial charge on any atom is -0.381 e. The summed E-state index contributed by atoms with van der Waals surface area (Å²) in [5.74, 6) is 0.842. The molecule has 0 N–H and O–H groups in total. The maximum atomic E-state index is 13.8. The summed E-state index contributed by atoms with van der Waals surface area (Å²) >= 11 is 0. The molecule has 6 rings (SSSR count). The molecule has 192 valence electrons. The summed E-state index contributed by atoms with van der Waals surface area (Å²) in [7, 11) is 0. The van der Waals surface area contributed by atoms with Gasteiger partial charge in [0.05, 0.1) is 23.9 Å². The Morgan fingerprint density at radius 3 is 2.65 bits per heavy atom. The molecular weight excluding hydrogens is 468 g/mol. The van der Waals surface area contributed by atoms with Gasteiger partial charge in [-0.3, -0.25) is 23.5 Å². The van der Waals surface area contributed by atoms with Crippen molar-refractivity contribution in [2.75, 3.05) is 39.4 Å². The van der Waals surface area contributed by atoms with Crippen LogP contribution in [0.1, 0.15) is 30.5 Å². The molecule has 2 saturated heterocycles. The molecule has 2 aromatic heterocycles. The first-order chi connectivity index (χ1) is 18.1. The lowest BCUT2D eigenvalue weighted by molar-refractivity contribution is -0.132. The molecule has 2 aromatic carbocycles. The minimum atomic E-state index is -0.118. The average Bonchev–Trinajstić information content (AvgIpc) is 3.64. The van der Waals surface area contributed by atoms with Crippen molar-refractivity contribution in [3.63, 3.8) is 0 Å². The van der Waals surface area contributed by atoms with Gasteiger partial charge in [-0.15, -0.1) is 10.2 Å². The topological polar surface area (TPSA) is 85.0 Å². The van der Waals surface area contributed by atoms with Crippen LogP contribution >= 0.6 is 0 Å². The number of fused-ring (bicyclic) bond motifs is 3. The number of aromatic nitrogens is 4. The largest absolute Gasteiger partial charge is 0.381 e. The average molecular weight is 501 g/mol. The fraction of sp³-hybridized carbons (Fsp3) is 0.429. The quantitative estimate of drug-likeness (QED) is 0.405.